The number of benzene rings is 1. The zero-order chi connectivity index (χ0) is 18.7. The summed E-state index contributed by atoms with van der Waals surface area (Å²) < 4.78 is 41.7. The fourth-order valence-electron chi connectivity index (χ4n) is 2.70. The lowest BCUT2D eigenvalue weighted by Gasteiger charge is -2.29. The van der Waals surface area contributed by atoms with Gasteiger partial charge in [0.2, 0.25) is 21.8 Å². The lowest BCUT2D eigenvalue weighted by Crippen LogP contribution is -2.41. The number of sulfonamides is 1. The highest BCUT2D eigenvalue weighted by atomic mass is 32.2. The molecule has 1 aromatic heterocycles. The summed E-state index contributed by atoms with van der Waals surface area (Å²) in [5, 5.41) is 8.00. The number of ether oxygens (including phenoxy) is 2. The monoisotopic (exact) mass is 381 g/mol. The molecule has 0 aliphatic carbocycles. The van der Waals surface area contributed by atoms with Crippen molar-refractivity contribution < 1.29 is 22.3 Å². The highest BCUT2D eigenvalue weighted by Crippen LogP contribution is 2.23. The molecule has 2 aromatic rings. The van der Waals surface area contributed by atoms with Crippen LogP contribution in [0.3, 0.4) is 0 Å². The van der Waals surface area contributed by atoms with E-state index < -0.39 is 16.1 Å². The quantitative estimate of drug-likeness (QED) is 0.751. The van der Waals surface area contributed by atoms with Crippen molar-refractivity contribution >= 4 is 10.0 Å². The van der Waals surface area contributed by atoms with Gasteiger partial charge in [-0.3, -0.25) is 0 Å². The minimum atomic E-state index is -3.27. The second-order valence-electron chi connectivity index (χ2n) is 6.31. The van der Waals surface area contributed by atoms with Gasteiger partial charge in [0.1, 0.15) is 11.9 Å². The van der Waals surface area contributed by atoms with Crippen molar-refractivity contribution in [1.82, 2.24) is 14.5 Å². The summed E-state index contributed by atoms with van der Waals surface area (Å²) >= 11 is 0. The molecule has 0 saturated carbocycles. The van der Waals surface area contributed by atoms with Crippen LogP contribution in [-0.4, -0.2) is 55.5 Å². The topological polar surface area (TPSA) is 94.8 Å². The number of aryl methyl sites for hydroxylation is 1. The third-order valence-corrected chi connectivity index (χ3v) is 5.65. The Morgan fingerprint density at radius 2 is 2.12 bits per heavy atom. The van der Waals surface area contributed by atoms with Crippen LogP contribution in [0.15, 0.2) is 22.6 Å². The van der Waals surface area contributed by atoms with Gasteiger partial charge in [-0.1, -0.05) is 12.1 Å². The Bertz CT molecular complexity index is 865. The van der Waals surface area contributed by atoms with Crippen molar-refractivity contribution in [3.63, 3.8) is 0 Å². The number of hydrogen-bond acceptors (Lipinski definition) is 7. The SMILES string of the molecule is Cc1cccc(OCCc2nnc(C3CN(S(C)(=O)=O)CCO3)o2)c1C. The molecule has 3 rings (SSSR count). The Kier molecular flexibility index (Phi) is 5.59. The first kappa shape index (κ1) is 18.8. The standard InChI is InChI=1S/C17H23N3O5S/c1-12-5-4-6-14(13(12)2)23-9-7-16-18-19-17(25-16)15-11-20(8-10-24-15)26(3,21)22/h4-6,15H,7-11H2,1-3H3. The summed E-state index contributed by atoms with van der Waals surface area (Å²) in [7, 11) is -3.27. The summed E-state index contributed by atoms with van der Waals surface area (Å²) in [6.07, 6.45) is 1.10. The van der Waals surface area contributed by atoms with Gasteiger partial charge in [0.25, 0.3) is 0 Å². The fourth-order valence-corrected chi connectivity index (χ4v) is 3.52. The Hall–Kier alpha value is -1.97. The summed E-state index contributed by atoms with van der Waals surface area (Å²) in [5.74, 6) is 1.56. The maximum atomic E-state index is 11.7. The average molecular weight is 381 g/mol. The molecule has 1 atom stereocenters. The van der Waals surface area contributed by atoms with Crippen LogP contribution in [-0.2, 0) is 21.2 Å². The third-order valence-electron chi connectivity index (χ3n) is 4.38. The highest BCUT2D eigenvalue weighted by molar-refractivity contribution is 7.88. The molecule has 2 heterocycles. The van der Waals surface area contributed by atoms with Crippen LogP contribution in [0, 0.1) is 13.8 Å². The van der Waals surface area contributed by atoms with Crippen molar-refractivity contribution in [3.8, 4) is 5.75 Å². The predicted molar refractivity (Wildman–Crippen MR) is 94.5 cm³/mol. The fraction of sp³-hybridized carbons (Fsp3) is 0.529. The van der Waals surface area contributed by atoms with Crippen LogP contribution < -0.4 is 4.74 Å². The molecule has 0 bridgehead atoms. The van der Waals surface area contributed by atoms with Gasteiger partial charge in [-0.2, -0.15) is 4.31 Å². The van der Waals surface area contributed by atoms with Crippen molar-refractivity contribution in [1.29, 1.82) is 0 Å². The Balaban J connectivity index is 1.57. The van der Waals surface area contributed by atoms with E-state index in [1.165, 1.54) is 16.1 Å². The minimum Gasteiger partial charge on any atom is -0.493 e. The molecule has 26 heavy (non-hydrogen) atoms. The molecule has 1 aromatic carbocycles. The molecule has 1 unspecified atom stereocenters. The highest BCUT2D eigenvalue weighted by Gasteiger charge is 2.30. The molecule has 1 aliphatic heterocycles. The summed E-state index contributed by atoms with van der Waals surface area (Å²) in [6.45, 7) is 5.28. The van der Waals surface area contributed by atoms with Gasteiger partial charge >= 0.3 is 0 Å². The van der Waals surface area contributed by atoms with Gasteiger partial charge < -0.3 is 13.9 Å². The van der Waals surface area contributed by atoms with Crippen molar-refractivity contribution in [2.45, 2.75) is 26.4 Å². The van der Waals surface area contributed by atoms with Crippen LogP contribution in [0.4, 0.5) is 0 Å². The van der Waals surface area contributed by atoms with E-state index in [9.17, 15) is 8.42 Å². The van der Waals surface area contributed by atoms with E-state index in [4.69, 9.17) is 13.9 Å². The van der Waals surface area contributed by atoms with E-state index >= 15 is 0 Å². The second kappa shape index (κ2) is 7.73. The Labute approximate surface area is 153 Å². The maximum absolute atomic E-state index is 11.7. The smallest absolute Gasteiger partial charge is 0.246 e. The average Bonchev–Trinajstić information content (AvgIpc) is 3.07. The predicted octanol–water partition coefficient (Wildman–Crippen LogP) is 1.64. The number of hydrogen-bond donors (Lipinski definition) is 0. The van der Waals surface area contributed by atoms with Gasteiger partial charge in [-0.25, -0.2) is 8.42 Å². The summed E-state index contributed by atoms with van der Waals surface area (Å²) in [6, 6.07) is 5.92. The van der Waals surface area contributed by atoms with Gasteiger partial charge in [0.15, 0.2) is 0 Å². The van der Waals surface area contributed by atoms with Gasteiger partial charge in [-0.05, 0) is 31.0 Å². The van der Waals surface area contributed by atoms with E-state index in [1.807, 2.05) is 32.0 Å². The van der Waals surface area contributed by atoms with Crippen LogP contribution in [0.25, 0.3) is 0 Å². The zero-order valence-corrected chi connectivity index (χ0v) is 16.0. The molecule has 0 spiro atoms. The molecule has 9 heteroatoms. The zero-order valence-electron chi connectivity index (χ0n) is 15.1. The third kappa shape index (κ3) is 4.40. The molecule has 0 radical (unpaired) electrons. The van der Waals surface area contributed by atoms with Crippen molar-refractivity contribution in [2.24, 2.45) is 0 Å². The molecule has 1 aliphatic rings. The summed E-state index contributed by atoms with van der Waals surface area (Å²) in [4.78, 5) is 0. The lowest BCUT2D eigenvalue weighted by atomic mass is 10.1. The van der Waals surface area contributed by atoms with E-state index in [0.29, 0.717) is 38.0 Å². The van der Waals surface area contributed by atoms with E-state index in [-0.39, 0.29) is 6.54 Å². The van der Waals surface area contributed by atoms with Gasteiger partial charge in [0.05, 0.1) is 25.9 Å². The molecule has 1 fully saturated rings. The molecule has 142 valence electrons. The van der Waals surface area contributed by atoms with Crippen LogP contribution in [0.2, 0.25) is 0 Å². The lowest BCUT2D eigenvalue weighted by molar-refractivity contribution is -0.0176. The van der Waals surface area contributed by atoms with Gasteiger partial charge in [0, 0.05) is 13.1 Å². The molecule has 8 nitrogen and oxygen atoms in total. The largest absolute Gasteiger partial charge is 0.493 e. The minimum absolute atomic E-state index is 0.180. The summed E-state index contributed by atoms with van der Waals surface area (Å²) in [5.41, 5.74) is 2.28. The first-order chi connectivity index (χ1) is 12.3. The Morgan fingerprint density at radius 3 is 2.88 bits per heavy atom. The molecule has 0 amide bonds. The van der Waals surface area contributed by atoms with Gasteiger partial charge in [-0.15, -0.1) is 10.2 Å². The number of morpholine rings is 1. The number of aromatic nitrogens is 2. The van der Waals surface area contributed by atoms with E-state index in [2.05, 4.69) is 10.2 Å². The first-order valence-electron chi connectivity index (χ1n) is 8.42. The molecular weight excluding hydrogens is 358 g/mol. The normalized spacial score (nSPS) is 18.8. The van der Waals surface area contributed by atoms with Crippen LogP contribution in [0.5, 0.6) is 5.75 Å². The van der Waals surface area contributed by atoms with E-state index in [1.54, 1.807) is 0 Å². The maximum Gasteiger partial charge on any atom is 0.246 e. The molecule has 1 saturated heterocycles. The van der Waals surface area contributed by atoms with Crippen molar-refractivity contribution in [2.75, 3.05) is 32.6 Å². The van der Waals surface area contributed by atoms with Crippen molar-refractivity contribution in [3.05, 3.63) is 41.1 Å². The van der Waals surface area contributed by atoms with Crippen LogP contribution >= 0.6 is 0 Å². The molecular formula is C17H23N3O5S. The number of rotatable bonds is 6. The van der Waals surface area contributed by atoms with E-state index in [0.717, 1.165) is 11.3 Å². The first-order valence-corrected chi connectivity index (χ1v) is 10.3. The second-order valence-corrected chi connectivity index (χ2v) is 8.29. The van der Waals surface area contributed by atoms with Crippen LogP contribution in [0.1, 0.15) is 29.0 Å². The Morgan fingerprint density at radius 1 is 1.31 bits per heavy atom. The number of nitrogens with zero attached hydrogens (tertiary/aromatic N) is 3. The molecule has 0 N–H and O–H groups in total.